The molecule has 3 N–H and O–H groups in total. The number of aliphatic hydroxyl groups excluding tert-OH is 1. The van der Waals surface area contributed by atoms with E-state index in [9.17, 15) is 4.79 Å². The Morgan fingerprint density at radius 3 is 2.31 bits per heavy atom. The standard InChI is InChI=1S/C9H20N2O2/c1-4-8(5-2)11-9(13)10-6-7(3)12/h7-8,12H,4-6H2,1-3H3,(H2,10,11,13). The molecule has 2 amide bonds. The lowest BCUT2D eigenvalue weighted by Gasteiger charge is -2.15. The van der Waals surface area contributed by atoms with Crippen molar-refractivity contribution < 1.29 is 9.90 Å². The zero-order valence-electron chi connectivity index (χ0n) is 8.63. The number of rotatable bonds is 5. The van der Waals surface area contributed by atoms with Crippen molar-refractivity contribution in [1.29, 1.82) is 0 Å². The van der Waals surface area contributed by atoms with Gasteiger partial charge in [0.2, 0.25) is 0 Å². The smallest absolute Gasteiger partial charge is 0.315 e. The van der Waals surface area contributed by atoms with Gasteiger partial charge in [-0.25, -0.2) is 4.79 Å². The van der Waals surface area contributed by atoms with Crippen molar-refractivity contribution in [2.75, 3.05) is 6.54 Å². The van der Waals surface area contributed by atoms with E-state index < -0.39 is 6.10 Å². The van der Waals surface area contributed by atoms with Crippen LogP contribution in [0.4, 0.5) is 4.79 Å². The van der Waals surface area contributed by atoms with E-state index in [2.05, 4.69) is 10.6 Å². The van der Waals surface area contributed by atoms with Crippen molar-refractivity contribution in [3.05, 3.63) is 0 Å². The van der Waals surface area contributed by atoms with Crippen LogP contribution in [-0.2, 0) is 0 Å². The summed E-state index contributed by atoms with van der Waals surface area (Å²) in [6.45, 7) is 6.00. The summed E-state index contributed by atoms with van der Waals surface area (Å²) in [5.74, 6) is 0. The van der Waals surface area contributed by atoms with Crippen molar-refractivity contribution in [2.45, 2.75) is 45.8 Å². The number of nitrogens with one attached hydrogen (secondary N) is 2. The molecule has 78 valence electrons. The van der Waals surface area contributed by atoms with E-state index in [1.54, 1.807) is 6.92 Å². The molecule has 0 rings (SSSR count). The molecule has 0 radical (unpaired) electrons. The molecule has 0 spiro atoms. The van der Waals surface area contributed by atoms with Crippen LogP contribution >= 0.6 is 0 Å². The van der Waals surface area contributed by atoms with Gasteiger partial charge in [0.1, 0.15) is 0 Å². The summed E-state index contributed by atoms with van der Waals surface area (Å²) in [5, 5.41) is 14.3. The number of carbonyl (C=O) groups excluding carboxylic acids is 1. The van der Waals surface area contributed by atoms with Crippen LogP contribution in [0, 0.1) is 0 Å². The zero-order valence-corrected chi connectivity index (χ0v) is 8.63. The first-order valence-corrected chi connectivity index (χ1v) is 4.82. The SMILES string of the molecule is CCC(CC)NC(=O)NCC(C)O. The fourth-order valence-corrected chi connectivity index (χ4v) is 0.970. The monoisotopic (exact) mass is 188 g/mol. The highest BCUT2D eigenvalue weighted by atomic mass is 16.3. The lowest BCUT2D eigenvalue weighted by atomic mass is 10.2. The first-order valence-electron chi connectivity index (χ1n) is 4.82. The number of aliphatic hydroxyl groups is 1. The predicted molar refractivity (Wildman–Crippen MR) is 52.6 cm³/mol. The van der Waals surface area contributed by atoms with Crippen LogP contribution in [0.3, 0.4) is 0 Å². The molecule has 0 aromatic rings. The Balaban J connectivity index is 3.60. The molecule has 0 saturated carbocycles. The van der Waals surface area contributed by atoms with Gasteiger partial charge in [-0.3, -0.25) is 0 Å². The molecule has 0 aromatic heterocycles. The summed E-state index contributed by atoms with van der Waals surface area (Å²) in [7, 11) is 0. The summed E-state index contributed by atoms with van der Waals surface area (Å²) in [6.07, 6.45) is 1.37. The molecule has 13 heavy (non-hydrogen) atoms. The van der Waals surface area contributed by atoms with Gasteiger partial charge in [-0.2, -0.15) is 0 Å². The first-order chi connectivity index (χ1) is 6.10. The highest BCUT2D eigenvalue weighted by molar-refractivity contribution is 5.74. The minimum atomic E-state index is -0.493. The van der Waals surface area contributed by atoms with E-state index >= 15 is 0 Å². The van der Waals surface area contributed by atoms with E-state index in [1.165, 1.54) is 0 Å². The zero-order chi connectivity index (χ0) is 10.3. The van der Waals surface area contributed by atoms with Gasteiger partial charge in [-0.1, -0.05) is 13.8 Å². The summed E-state index contributed by atoms with van der Waals surface area (Å²) >= 11 is 0. The summed E-state index contributed by atoms with van der Waals surface area (Å²) in [5.41, 5.74) is 0. The van der Waals surface area contributed by atoms with Gasteiger partial charge >= 0.3 is 6.03 Å². The van der Waals surface area contributed by atoms with Gasteiger partial charge in [0.25, 0.3) is 0 Å². The van der Waals surface area contributed by atoms with Crippen LogP contribution in [0.25, 0.3) is 0 Å². The first kappa shape index (κ1) is 12.2. The third-order valence-corrected chi connectivity index (χ3v) is 1.88. The lowest BCUT2D eigenvalue weighted by Crippen LogP contribution is -2.43. The van der Waals surface area contributed by atoms with Crippen molar-refractivity contribution in [3.63, 3.8) is 0 Å². The third-order valence-electron chi connectivity index (χ3n) is 1.88. The third kappa shape index (κ3) is 6.40. The molecule has 1 unspecified atom stereocenters. The fourth-order valence-electron chi connectivity index (χ4n) is 0.970. The molecule has 0 aliphatic heterocycles. The molecule has 0 aliphatic carbocycles. The van der Waals surface area contributed by atoms with Gasteiger partial charge in [-0.15, -0.1) is 0 Å². The van der Waals surface area contributed by atoms with Crippen molar-refractivity contribution in [1.82, 2.24) is 10.6 Å². The highest BCUT2D eigenvalue weighted by Crippen LogP contribution is 1.94. The second-order valence-corrected chi connectivity index (χ2v) is 3.22. The normalized spacial score (nSPS) is 12.7. The summed E-state index contributed by atoms with van der Waals surface area (Å²) in [6, 6.07) is 0.0311. The average Bonchev–Trinajstić information content (AvgIpc) is 2.10. The van der Waals surface area contributed by atoms with E-state index in [0.717, 1.165) is 12.8 Å². The van der Waals surface area contributed by atoms with Gasteiger partial charge in [0, 0.05) is 12.6 Å². The van der Waals surface area contributed by atoms with E-state index in [0.29, 0.717) is 6.54 Å². The molecular weight excluding hydrogens is 168 g/mol. The van der Waals surface area contributed by atoms with E-state index in [1.807, 2.05) is 13.8 Å². The largest absolute Gasteiger partial charge is 0.392 e. The quantitative estimate of drug-likeness (QED) is 0.599. The molecule has 0 aromatic carbocycles. The minimum Gasteiger partial charge on any atom is -0.392 e. The topological polar surface area (TPSA) is 61.4 Å². The van der Waals surface area contributed by atoms with Crippen LogP contribution in [0.2, 0.25) is 0 Å². The molecule has 0 bridgehead atoms. The summed E-state index contributed by atoms with van der Waals surface area (Å²) in [4.78, 5) is 11.1. The highest BCUT2D eigenvalue weighted by Gasteiger charge is 2.07. The Hall–Kier alpha value is -0.770. The van der Waals surface area contributed by atoms with Crippen LogP contribution in [0.15, 0.2) is 0 Å². The number of carbonyl (C=O) groups is 1. The molecule has 4 nitrogen and oxygen atoms in total. The van der Waals surface area contributed by atoms with Gasteiger partial charge in [0.05, 0.1) is 6.10 Å². The van der Waals surface area contributed by atoms with Crippen LogP contribution in [0.1, 0.15) is 33.6 Å². The van der Waals surface area contributed by atoms with E-state index in [4.69, 9.17) is 5.11 Å². The fraction of sp³-hybridized carbons (Fsp3) is 0.889. The van der Waals surface area contributed by atoms with Crippen LogP contribution in [-0.4, -0.2) is 29.8 Å². The van der Waals surface area contributed by atoms with Crippen molar-refractivity contribution >= 4 is 6.03 Å². The lowest BCUT2D eigenvalue weighted by molar-refractivity contribution is 0.186. The number of amides is 2. The molecule has 1 atom stereocenters. The predicted octanol–water partition coefficient (Wildman–Crippen LogP) is 0.855. The average molecular weight is 188 g/mol. The Labute approximate surface area is 79.7 Å². The van der Waals surface area contributed by atoms with Crippen molar-refractivity contribution in [3.8, 4) is 0 Å². The Bertz CT molecular complexity index is 145. The maximum atomic E-state index is 11.1. The van der Waals surface area contributed by atoms with Crippen molar-refractivity contribution in [2.24, 2.45) is 0 Å². The molecule has 0 fully saturated rings. The van der Waals surface area contributed by atoms with Gasteiger partial charge in [0.15, 0.2) is 0 Å². The molecule has 0 heterocycles. The Morgan fingerprint density at radius 1 is 1.38 bits per heavy atom. The Kier molecular flexibility index (Phi) is 6.32. The molecule has 4 heteroatoms. The molecular formula is C9H20N2O2. The van der Waals surface area contributed by atoms with Gasteiger partial charge < -0.3 is 15.7 Å². The maximum Gasteiger partial charge on any atom is 0.315 e. The van der Waals surface area contributed by atoms with Crippen LogP contribution < -0.4 is 10.6 Å². The number of hydrogen-bond donors (Lipinski definition) is 3. The molecule has 0 saturated heterocycles. The van der Waals surface area contributed by atoms with Gasteiger partial charge in [-0.05, 0) is 19.8 Å². The number of urea groups is 1. The second kappa shape index (κ2) is 6.71. The minimum absolute atomic E-state index is 0.199. The molecule has 0 aliphatic rings. The summed E-state index contributed by atoms with van der Waals surface area (Å²) < 4.78 is 0. The second-order valence-electron chi connectivity index (χ2n) is 3.22. The van der Waals surface area contributed by atoms with Crippen LogP contribution in [0.5, 0.6) is 0 Å². The maximum absolute atomic E-state index is 11.1. The van der Waals surface area contributed by atoms with E-state index in [-0.39, 0.29) is 12.1 Å². The Morgan fingerprint density at radius 2 is 1.92 bits per heavy atom. The number of hydrogen-bond acceptors (Lipinski definition) is 2.